The van der Waals surface area contributed by atoms with Gasteiger partial charge in [0.2, 0.25) is 0 Å². The Bertz CT molecular complexity index is 1120. The summed E-state index contributed by atoms with van der Waals surface area (Å²) in [6.07, 6.45) is 1.30. The summed E-state index contributed by atoms with van der Waals surface area (Å²) in [6, 6.07) is 16.6. The first-order chi connectivity index (χ1) is 12.2. The molecule has 0 fully saturated rings. The van der Waals surface area contributed by atoms with E-state index in [0.717, 1.165) is 15.2 Å². The van der Waals surface area contributed by atoms with Crippen LogP contribution in [0.15, 0.2) is 71.1 Å². The lowest BCUT2D eigenvalue weighted by Gasteiger charge is -2.07. The number of benzene rings is 2. The third kappa shape index (κ3) is 2.92. The fraction of sp³-hybridized carbons (Fsp3) is 0. The van der Waals surface area contributed by atoms with Crippen molar-refractivity contribution in [2.45, 2.75) is 0 Å². The number of amides is 1. The van der Waals surface area contributed by atoms with Gasteiger partial charge in [-0.2, -0.15) is 0 Å². The van der Waals surface area contributed by atoms with Gasteiger partial charge < -0.3 is 0 Å². The predicted octanol–water partition coefficient (Wildman–Crippen LogP) is 2.90. The van der Waals surface area contributed by atoms with Gasteiger partial charge in [-0.3, -0.25) is 15.0 Å². The van der Waals surface area contributed by atoms with Gasteiger partial charge in [-0.25, -0.2) is 14.6 Å². The standard InChI is InChI=1S/C18H12N4O2S/c23-16(15-10-25-17(20-15)12-6-2-1-3-7-12)21-22-11-19-14-9-5-4-8-13(14)18(22)24/h1-11H,(H,21,23). The Labute approximate surface area is 146 Å². The Morgan fingerprint density at radius 2 is 1.80 bits per heavy atom. The van der Waals surface area contributed by atoms with E-state index in [4.69, 9.17) is 0 Å². The molecular weight excluding hydrogens is 336 g/mol. The van der Waals surface area contributed by atoms with Gasteiger partial charge >= 0.3 is 0 Å². The molecule has 0 aliphatic carbocycles. The van der Waals surface area contributed by atoms with Crippen molar-refractivity contribution in [1.82, 2.24) is 14.6 Å². The molecule has 0 saturated carbocycles. The molecule has 4 rings (SSSR count). The predicted molar refractivity (Wildman–Crippen MR) is 97.2 cm³/mol. The van der Waals surface area contributed by atoms with E-state index < -0.39 is 5.91 Å². The summed E-state index contributed by atoms with van der Waals surface area (Å²) in [5, 5.41) is 2.85. The van der Waals surface area contributed by atoms with Crippen LogP contribution in [0.5, 0.6) is 0 Å². The van der Waals surface area contributed by atoms with Crippen molar-refractivity contribution >= 4 is 28.1 Å². The lowest BCUT2D eigenvalue weighted by Crippen LogP contribution is -2.33. The molecule has 0 unspecified atom stereocenters. The largest absolute Gasteiger partial charge is 0.289 e. The van der Waals surface area contributed by atoms with Crippen LogP contribution in [0.4, 0.5) is 0 Å². The van der Waals surface area contributed by atoms with E-state index in [-0.39, 0.29) is 11.3 Å². The Hall–Kier alpha value is -3.32. The van der Waals surface area contributed by atoms with Crippen LogP contribution in [-0.2, 0) is 0 Å². The molecule has 7 heteroatoms. The summed E-state index contributed by atoms with van der Waals surface area (Å²) >= 11 is 1.37. The summed E-state index contributed by atoms with van der Waals surface area (Å²) in [4.78, 5) is 33.3. The Kier molecular flexibility index (Phi) is 3.83. The Morgan fingerprint density at radius 3 is 2.64 bits per heavy atom. The molecule has 122 valence electrons. The van der Waals surface area contributed by atoms with Crippen molar-refractivity contribution in [2.75, 3.05) is 5.43 Å². The van der Waals surface area contributed by atoms with Crippen LogP contribution >= 0.6 is 11.3 Å². The highest BCUT2D eigenvalue weighted by Gasteiger charge is 2.13. The van der Waals surface area contributed by atoms with Gasteiger partial charge in [0.25, 0.3) is 11.5 Å². The quantitative estimate of drug-likeness (QED) is 0.618. The van der Waals surface area contributed by atoms with E-state index in [1.807, 2.05) is 30.3 Å². The van der Waals surface area contributed by atoms with Gasteiger partial charge in [-0.1, -0.05) is 42.5 Å². The number of para-hydroxylation sites is 1. The van der Waals surface area contributed by atoms with Crippen LogP contribution in [0.1, 0.15) is 10.5 Å². The number of hydrogen-bond donors (Lipinski definition) is 1. The molecule has 1 N–H and O–H groups in total. The first-order valence-electron chi connectivity index (χ1n) is 7.51. The molecule has 0 spiro atoms. The highest BCUT2D eigenvalue weighted by Crippen LogP contribution is 2.23. The SMILES string of the molecule is O=C(Nn1cnc2ccccc2c1=O)c1csc(-c2ccccc2)n1. The maximum Gasteiger partial charge on any atom is 0.289 e. The van der Waals surface area contributed by atoms with Crippen LogP contribution in [0.25, 0.3) is 21.5 Å². The fourth-order valence-electron chi connectivity index (χ4n) is 2.41. The van der Waals surface area contributed by atoms with Gasteiger partial charge in [-0.05, 0) is 12.1 Å². The molecule has 0 saturated heterocycles. The number of carbonyl (C=O) groups excluding carboxylic acids is 1. The molecule has 0 aliphatic rings. The van der Waals surface area contributed by atoms with Crippen molar-refractivity contribution in [3.05, 3.63) is 82.4 Å². The fourth-order valence-corrected chi connectivity index (χ4v) is 3.21. The van der Waals surface area contributed by atoms with Crippen molar-refractivity contribution < 1.29 is 4.79 Å². The molecule has 0 bridgehead atoms. The Morgan fingerprint density at radius 1 is 1.04 bits per heavy atom. The molecule has 25 heavy (non-hydrogen) atoms. The molecule has 2 heterocycles. The highest BCUT2D eigenvalue weighted by atomic mass is 32.1. The number of hydrogen-bond acceptors (Lipinski definition) is 5. The minimum absolute atomic E-state index is 0.254. The van der Waals surface area contributed by atoms with Crippen LogP contribution < -0.4 is 11.0 Å². The number of carbonyl (C=O) groups is 1. The number of nitrogens with one attached hydrogen (secondary N) is 1. The zero-order valence-corrected chi connectivity index (χ0v) is 13.7. The smallest absolute Gasteiger partial charge is 0.267 e. The normalized spacial score (nSPS) is 10.7. The van der Waals surface area contributed by atoms with E-state index in [1.165, 1.54) is 17.7 Å². The third-order valence-electron chi connectivity index (χ3n) is 3.65. The second kappa shape index (κ2) is 6.29. The van der Waals surface area contributed by atoms with E-state index in [2.05, 4.69) is 15.4 Å². The van der Waals surface area contributed by atoms with Crippen molar-refractivity contribution in [2.24, 2.45) is 0 Å². The molecule has 4 aromatic rings. The Balaban J connectivity index is 1.62. The van der Waals surface area contributed by atoms with E-state index >= 15 is 0 Å². The van der Waals surface area contributed by atoms with Crippen molar-refractivity contribution in [1.29, 1.82) is 0 Å². The van der Waals surface area contributed by atoms with E-state index in [9.17, 15) is 9.59 Å². The van der Waals surface area contributed by atoms with Crippen LogP contribution in [0, 0.1) is 0 Å². The van der Waals surface area contributed by atoms with E-state index in [0.29, 0.717) is 10.9 Å². The van der Waals surface area contributed by atoms with Crippen molar-refractivity contribution in [3.63, 3.8) is 0 Å². The maximum absolute atomic E-state index is 12.4. The lowest BCUT2D eigenvalue weighted by atomic mass is 10.2. The number of nitrogens with zero attached hydrogens (tertiary/aromatic N) is 3. The molecule has 6 nitrogen and oxygen atoms in total. The average molecular weight is 348 g/mol. The topological polar surface area (TPSA) is 76.9 Å². The molecule has 1 amide bonds. The minimum Gasteiger partial charge on any atom is -0.267 e. The first kappa shape index (κ1) is 15.2. The third-order valence-corrected chi connectivity index (χ3v) is 4.54. The first-order valence-corrected chi connectivity index (χ1v) is 8.39. The summed E-state index contributed by atoms with van der Waals surface area (Å²) < 4.78 is 1.08. The zero-order valence-electron chi connectivity index (χ0n) is 12.9. The van der Waals surface area contributed by atoms with Crippen LogP contribution in [0.2, 0.25) is 0 Å². The maximum atomic E-state index is 12.4. The molecule has 0 radical (unpaired) electrons. The summed E-state index contributed by atoms with van der Waals surface area (Å²) in [5.74, 6) is -0.461. The second-order valence-corrected chi connectivity index (χ2v) is 6.14. The van der Waals surface area contributed by atoms with Crippen LogP contribution in [0.3, 0.4) is 0 Å². The summed E-state index contributed by atoms with van der Waals surface area (Å²) in [6.45, 7) is 0. The minimum atomic E-state index is -0.461. The molecular formula is C18H12N4O2S. The number of thiazole rings is 1. The number of rotatable bonds is 3. The summed E-state index contributed by atoms with van der Waals surface area (Å²) in [5.41, 5.74) is 3.97. The number of aromatic nitrogens is 3. The van der Waals surface area contributed by atoms with Crippen molar-refractivity contribution in [3.8, 4) is 10.6 Å². The van der Waals surface area contributed by atoms with Crippen LogP contribution in [-0.4, -0.2) is 20.6 Å². The highest BCUT2D eigenvalue weighted by molar-refractivity contribution is 7.13. The zero-order chi connectivity index (χ0) is 17.2. The average Bonchev–Trinajstić information content (AvgIpc) is 3.15. The number of fused-ring (bicyclic) bond motifs is 1. The molecule has 0 atom stereocenters. The lowest BCUT2D eigenvalue weighted by molar-refractivity contribution is 0.100. The second-order valence-electron chi connectivity index (χ2n) is 5.28. The molecule has 2 aromatic heterocycles. The molecule has 0 aliphatic heterocycles. The monoisotopic (exact) mass is 348 g/mol. The summed E-state index contributed by atoms with van der Waals surface area (Å²) in [7, 11) is 0. The van der Waals surface area contributed by atoms with Gasteiger partial charge in [0, 0.05) is 10.9 Å². The van der Waals surface area contributed by atoms with E-state index in [1.54, 1.807) is 29.6 Å². The van der Waals surface area contributed by atoms with Gasteiger partial charge in [-0.15, -0.1) is 11.3 Å². The molecule has 2 aromatic carbocycles. The van der Waals surface area contributed by atoms with Gasteiger partial charge in [0.15, 0.2) is 0 Å². The van der Waals surface area contributed by atoms with Gasteiger partial charge in [0.05, 0.1) is 10.9 Å². The van der Waals surface area contributed by atoms with Gasteiger partial charge in [0.1, 0.15) is 17.0 Å².